The van der Waals surface area contributed by atoms with Crippen LogP contribution < -0.4 is 10.5 Å². The quantitative estimate of drug-likeness (QED) is 0.783. The van der Waals surface area contributed by atoms with E-state index in [0.717, 1.165) is 0 Å². The first-order chi connectivity index (χ1) is 10.2. The molecule has 2 N–H and O–H groups in total. The normalized spacial score (nSPS) is 10.5. The number of imidazole rings is 1. The van der Waals surface area contributed by atoms with Crippen molar-refractivity contribution >= 4 is 17.0 Å². The van der Waals surface area contributed by atoms with Gasteiger partial charge in [-0.3, -0.25) is 4.57 Å². The summed E-state index contributed by atoms with van der Waals surface area (Å²) in [6.07, 6.45) is 0. The molecule has 3 rings (SSSR count). The SMILES string of the molecule is COc1cc2c(cc1F)nc(N)n2-c1ccccc1C#N. The van der Waals surface area contributed by atoms with Gasteiger partial charge < -0.3 is 10.5 Å². The van der Waals surface area contributed by atoms with E-state index in [1.54, 1.807) is 28.8 Å². The van der Waals surface area contributed by atoms with E-state index in [1.165, 1.54) is 19.2 Å². The zero-order valence-corrected chi connectivity index (χ0v) is 11.2. The van der Waals surface area contributed by atoms with Gasteiger partial charge in [0.2, 0.25) is 5.95 Å². The van der Waals surface area contributed by atoms with Crippen molar-refractivity contribution in [3.8, 4) is 17.5 Å². The minimum absolute atomic E-state index is 0.0955. The number of nitrogens with zero attached hydrogens (tertiary/aromatic N) is 3. The largest absolute Gasteiger partial charge is 0.494 e. The number of aromatic nitrogens is 2. The maximum Gasteiger partial charge on any atom is 0.205 e. The minimum atomic E-state index is -0.511. The summed E-state index contributed by atoms with van der Waals surface area (Å²) in [5.74, 6) is -0.235. The van der Waals surface area contributed by atoms with Gasteiger partial charge in [0.05, 0.1) is 29.4 Å². The third-order valence-electron chi connectivity index (χ3n) is 3.22. The van der Waals surface area contributed by atoms with Gasteiger partial charge in [0.25, 0.3) is 0 Å². The predicted molar refractivity (Wildman–Crippen MR) is 76.7 cm³/mol. The van der Waals surface area contributed by atoms with Crippen LogP contribution in [0.15, 0.2) is 36.4 Å². The Morgan fingerprint density at radius 1 is 1.33 bits per heavy atom. The molecule has 5 nitrogen and oxygen atoms in total. The molecule has 104 valence electrons. The molecule has 1 aromatic heterocycles. The molecule has 2 aromatic carbocycles. The lowest BCUT2D eigenvalue weighted by Gasteiger charge is -2.09. The Kier molecular flexibility index (Phi) is 2.95. The molecule has 0 bridgehead atoms. The van der Waals surface area contributed by atoms with Crippen molar-refractivity contribution in [2.24, 2.45) is 0 Å². The summed E-state index contributed by atoms with van der Waals surface area (Å²) in [7, 11) is 1.39. The van der Waals surface area contributed by atoms with Gasteiger partial charge in [-0.05, 0) is 12.1 Å². The highest BCUT2D eigenvalue weighted by Crippen LogP contribution is 2.29. The lowest BCUT2D eigenvalue weighted by Crippen LogP contribution is -2.02. The molecule has 0 fully saturated rings. The molecule has 0 saturated heterocycles. The molecule has 0 aliphatic rings. The van der Waals surface area contributed by atoms with Gasteiger partial charge in [0.15, 0.2) is 11.6 Å². The molecule has 0 aliphatic heterocycles. The van der Waals surface area contributed by atoms with Gasteiger partial charge in [0, 0.05) is 12.1 Å². The van der Waals surface area contributed by atoms with Crippen LogP contribution in [0.5, 0.6) is 5.75 Å². The lowest BCUT2D eigenvalue weighted by molar-refractivity contribution is 0.387. The fraction of sp³-hybridized carbons (Fsp3) is 0.0667. The highest BCUT2D eigenvalue weighted by atomic mass is 19.1. The Labute approximate surface area is 120 Å². The number of methoxy groups -OCH3 is 1. The second-order valence-corrected chi connectivity index (χ2v) is 4.41. The third-order valence-corrected chi connectivity index (χ3v) is 3.22. The zero-order chi connectivity index (χ0) is 15.0. The number of hydrogen-bond donors (Lipinski definition) is 1. The van der Waals surface area contributed by atoms with E-state index in [2.05, 4.69) is 11.1 Å². The number of anilines is 1. The number of nitrogen functional groups attached to an aromatic ring is 1. The Hall–Kier alpha value is -3.07. The van der Waals surface area contributed by atoms with Crippen molar-refractivity contribution in [2.75, 3.05) is 12.8 Å². The highest BCUT2D eigenvalue weighted by Gasteiger charge is 2.16. The van der Waals surface area contributed by atoms with Crippen molar-refractivity contribution in [1.82, 2.24) is 9.55 Å². The number of para-hydroxylation sites is 1. The molecule has 1 heterocycles. The number of hydrogen-bond acceptors (Lipinski definition) is 4. The van der Waals surface area contributed by atoms with Crippen LogP contribution in [-0.4, -0.2) is 16.7 Å². The number of benzene rings is 2. The number of ether oxygens (including phenoxy) is 1. The molecule has 0 amide bonds. The van der Waals surface area contributed by atoms with Crippen LogP contribution in [0.1, 0.15) is 5.56 Å². The molecule has 0 radical (unpaired) electrons. The molecule has 0 spiro atoms. The number of halogens is 1. The van der Waals surface area contributed by atoms with Crippen LogP contribution in [0, 0.1) is 17.1 Å². The van der Waals surface area contributed by atoms with Crippen LogP contribution in [0.2, 0.25) is 0 Å². The maximum absolute atomic E-state index is 13.7. The topological polar surface area (TPSA) is 76.9 Å². The van der Waals surface area contributed by atoms with E-state index < -0.39 is 5.82 Å². The van der Waals surface area contributed by atoms with Gasteiger partial charge in [-0.25, -0.2) is 9.37 Å². The summed E-state index contributed by atoms with van der Waals surface area (Å²) < 4.78 is 20.3. The predicted octanol–water partition coefficient (Wildman–Crippen LogP) is 2.63. The van der Waals surface area contributed by atoms with Crippen LogP contribution >= 0.6 is 0 Å². The molecule has 0 atom stereocenters. The second-order valence-electron chi connectivity index (χ2n) is 4.41. The van der Waals surface area contributed by atoms with E-state index in [0.29, 0.717) is 22.3 Å². The molecule has 0 unspecified atom stereocenters. The van der Waals surface area contributed by atoms with Gasteiger partial charge in [0.1, 0.15) is 6.07 Å². The highest BCUT2D eigenvalue weighted by molar-refractivity contribution is 5.83. The monoisotopic (exact) mass is 282 g/mol. The van der Waals surface area contributed by atoms with Crippen LogP contribution in [-0.2, 0) is 0 Å². The molecule has 0 saturated carbocycles. The average molecular weight is 282 g/mol. The van der Waals surface area contributed by atoms with Gasteiger partial charge >= 0.3 is 0 Å². The Morgan fingerprint density at radius 3 is 2.81 bits per heavy atom. The molecule has 6 heteroatoms. The van der Waals surface area contributed by atoms with Gasteiger partial charge in [-0.2, -0.15) is 5.26 Å². The summed E-state index contributed by atoms with van der Waals surface area (Å²) >= 11 is 0. The zero-order valence-electron chi connectivity index (χ0n) is 11.2. The van der Waals surface area contributed by atoms with Crippen molar-refractivity contribution < 1.29 is 9.13 Å². The molecule has 3 aromatic rings. The second kappa shape index (κ2) is 4.80. The standard InChI is InChI=1S/C15H11FN4O/c1-21-14-7-13-11(6-10(14)16)19-15(18)20(13)12-5-3-2-4-9(12)8-17/h2-7H,1H3,(H2,18,19). The van der Waals surface area contributed by atoms with E-state index in [9.17, 15) is 9.65 Å². The van der Waals surface area contributed by atoms with Crippen LogP contribution in [0.3, 0.4) is 0 Å². The number of rotatable bonds is 2. The third kappa shape index (κ3) is 1.96. The summed E-state index contributed by atoms with van der Waals surface area (Å²) in [6, 6.07) is 11.9. The summed E-state index contributed by atoms with van der Waals surface area (Å²) in [5, 5.41) is 9.22. The van der Waals surface area contributed by atoms with E-state index in [1.807, 2.05) is 0 Å². The molecule has 21 heavy (non-hydrogen) atoms. The summed E-state index contributed by atoms with van der Waals surface area (Å²) in [5.41, 5.74) is 7.95. The average Bonchev–Trinajstić information content (AvgIpc) is 2.80. The minimum Gasteiger partial charge on any atom is -0.494 e. The van der Waals surface area contributed by atoms with Crippen LogP contribution in [0.25, 0.3) is 16.7 Å². The Morgan fingerprint density at radius 2 is 2.10 bits per heavy atom. The molecular weight excluding hydrogens is 271 g/mol. The van der Waals surface area contributed by atoms with Crippen molar-refractivity contribution in [1.29, 1.82) is 5.26 Å². The first kappa shape index (κ1) is 12.9. The van der Waals surface area contributed by atoms with Crippen molar-refractivity contribution in [3.05, 3.63) is 47.8 Å². The van der Waals surface area contributed by atoms with Gasteiger partial charge in [-0.15, -0.1) is 0 Å². The van der Waals surface area contributed by atoms with E-state index in [4.69, 9.17) is 10.5 Å². The Bertz CT molecular complexity index is 879. The van der Waals surface area contributed by atoms with E-state index in [-0.39, 0.29) is 11.7 Å². The number of nitriles is 1. The molecular formula is C15H11FN4O. The maximum atomic E-state index is 13.7. The lowest BCUT2D eigenvalue weighted by atomic mass is 10.2. The smallest absolute Gasteiger partial charge is 0.205 e. The fourth-order valence-electron chi connectivity index (χ4n) is 2.27. The first-order valence-corrected chi connectivity index (χ1v) is 6.16. The Balaban J connectivity index is 2.37. The number of fused-ring (bicyclic) bond motifs is 1. The summed E-state index contributed by atoms with van der Waals surface area (Å²) in [4.78, 5) is 4.14. The van der Waals surface area contributed by atoms with Crippen LogP contribution in [0.4, 0.5) is 10.3 Å². The van der Waals surface area contributed by atoms with Crippen molar-refractivity contribution in [3.63, 3.8) is 0 Å². The van der Waals surface area contributed by atoms with Gasteiger partial charge in [-0.1, -0.05) is 12.1 Å². The fourth-order valence-corrected chi connectivity index (χ4v) is 2.27. The molecule has 0 aliphatic carbocycles. The first-order valence-electron chi connectivity index (χ1n) is 6.16. The van der Waals surface area contributed by atoms with Crippen molar-refractivity contribution in [2.45, 2.75) is 0 Å². The number of nitrogens with two attached hydrogens (primary N) is 1. The summed E-state index contributed by atoms with van der Waals surface area (Å²) in [6.45, 7) is 0. The van der Waals surface area contributed by atoms with E-state index >= 15 is 0 Å².